The van der Waals surface area contributed by atoms with E-state index in [9.17, 15) is 18.0 Å². The summed E-state index contributed by atoms with van der Waals surface area (Å²) in [6.45, 7) is -1.94. The molecule has 7 heteroatoms. The molecular formula is C6H10F3NO3. The largest absolute Gasteiger partial charge is 0.480 e. The summed E-state index contributed by atoms with van der Waals surface area (Å²) in [5.74, 6) is -1.25. The third-order valence-corrected chi connectivity index (χ3v) is 1.20. The maximum absolute atomic E-state index is 11.5. The summed E-state index contributed by atoms with van der Waals surface area (Å²) in [5.41, 5.74) is 0. The normalized spacial score (nSPS) is 14.2. The van der Waals surface area contributed by atoms with Crippen LogP contribution >= 0.6 is 0 Å². The number of aliphatic carboxylic acids is 1. The first kappa shape index (κ1) is 12.2. The predicted molar refractivity (Wildman–Crippen MR) is 37.4 cm³/mol. The highest BCUT2D eigenvalue weighted by molar-refractivity contribution is 5.73. The van der Waals surface area contributed by atoms with E-state index in [0.29, 0.717) is 0 Å². The minimum Gasteiger partial charge on any atom is -0.480 e. The first-order valence-corrected chi connectivity index (χ1v) is 3.41. The van der Waals surface area contributed by atoms with Crippen molar-refractivity contribution < 1.29 is 27.8 Å². The Bertz CT molecular complexity index is 171. The highest BCUT2D eigenvalue weighted by atomic mass is 19.4. The van der Waals surface area contributed by atoms with Crippen LogP contribution in [-0.2, 0) is 9.53 Å². The van der Waals surface area contributed by atoms with Crippen molar-refractivity contribution in [2.45, 2.75) is 12.2 Å². The quantitative estimate of drug-likeness (QED) is 0.668. The Labute approximate surface area is 72.7 Å². The molecule has 0 fully saturated rings. The summed E-state index contributed by atoms with van der Waals surface area (Å²) in [4.78, 5) is 10.3. The van der Waals surface area contributed by atoms with Crippen LogP contribution in [0, 0.1) is 0 Å². The average molecular weight is 201 g/mol. The highest BCUT2D eigenvalue weighted by Gasteiger charge is 2.28. The van der Waals surface area contributed by atoms with E-state index >= 15 is 0 Å². The molecule has 0 aromatic carbocycles. The number of halogens is 3. The van der Waals surface area contributed by atoms with Gasteiger partial charge in [0.2, 0.25) is 0 Å². The van der Waals surface area contributed by atoms with Crippen LogP contribution in [0.1, 0.15) is 0 Å². The van der Waals surface area contributed by atoms with E-state index in [0.717, 1.165) is 0 Å². The second kappa shape index (κ2) is 5.03. The monoisotopic (exact) mass is 201 g/mol. The van der Waals surface area contributed by atoms with Gasteiger partial charge in [0.15, 0.2) is 0 Å². The van der Waals surface area contributed by atoms with Crippen LogP contribution in [0.2, 0.25) is 0 Å². The molecule has 0 aromatic rings. The molecular weight excluding hydrogens is 191 g/mol. The van der Waals surface area contributed by atoms with Crippen molar-refractivity contribution in [3.05, 3.63) is 0 Å². The molecule has 0 radical (unpaired) electrons. The van der Waals surface area contributed by atoms with Gasteiger partial charge in [0.05, 0.1) is 6.61 Å². The molecule has 0 saturated heterocycles. The topological polar surface area (TPSA) is 58.6 Å². The molecule has 0 saturated carbocycles. The molecule has 0 aromatic heterocycles. The van der Waals surface area contributed by atoms with Crippen molar-refractivity contribution in [1.29, 1.82) is 0 Å². The summed E-state index contributed by atoms with van der Waals surface area (Å²) in [7, 11) is 1.33. The average Bonchev–Trinajstić information content (AvgIpc) is 1.95. The fourth-order valence-corrected chi connectivity index (χ4v) is 0.571. The Morgan fingerprint density at radius 2 is 2.15 bits per heavy atom. The van der Waals surface area contributed by atoms with Gasteiger partial charge in [-0.2, -0.15) is 13.2 Å². The lowest BCUT2D eigenvalue weighted by Crippen LogP contribution is -2.39. The van der Waals surface area contributed by atoms with Crippen molar-refractivity contribution in [2.75, 3.05) is 20.3 Å². The van der Waals surface area contributed by atoms with Crippen LogP contribution < -0.4 is 5.32 Å². The van der Waals surface area contributed by atoms with Gasteiger partial charge in [-0.1, -0.05) is 0 Å². The van der Waals surface area contributed by atoms with Crippen LogP contribution in [0.15, 0.2) is 0 Å². The zero-order valence-electron chi connectivity index (χ0n) is 6.89. The molecule has 0 rings (SSSR count). The fourth-order valence-electron chi connectivity index (χ4n) is 0.571. The number of alkyl halides is 3. The number of rotatable bonds is 5. The predicted octanol–water partition coefficient (Wildman–Crippen LogP) is 0.238. The zero-order chi connectivity index (χ0) is 10.5. The van der Waals surface area contributed by atoms with Crippen LogP contribution in [0.25, 0.3) is 0 Å². The Balaban J connectivity index is 3.68. The molecule has 0 amide bonds. The summed E-state index contributed by atoms with van der Waals surface area (Å²) in [5, 5.41) is 10.7. The number of carboxylic acid groups (broad SMARTS) is 1. The van der Waals surface area contributed by atoms with Crippen LogP contribution in [0.4, 0.5) is 13.2 Å². The molecule has 13 heavy (non-hydrogen) atoms. The third-order valence-electron chi connectivity index (χ3n) is 1.20. The maximum atomic E-state index is 11.5. The van der Waals surface area contributed by atoms with E-state index in [-0.39, 0.29) is 0 Å². The molecule has 0 unspecified atom stereocenters. The Morgan fingerprint density at radius 3 is 2.46 bits per heavy atom. The SMILES string of the molecule is CN[C@@H](COCC(F)(F)F)C(=O)O. The van der Waals surface area contributed by atoms with Gasteiger partial charge in [0.1, 0.15) is 12.6 Å². The van der Waals surface area contributed by atoms with Crippen LogP contribution in [0.3, 0.4) is 0 Å². The molecule has 0 aliphatic rings. The van der Waals surface area contributed by atoms with Gasteiger partial charge in [-0.15, -0.1) is 0 Å². The van der Waals surface area contributed by atoms with E-state index in [1.54, 1.807) is 0 Å². The van der Waals surface area contributed by atoms with E-state index in [1.165, 1.54) is 7.05 Å². The molecule has 0 bridgehead atoms. The van der Waals surface area contributed by atoms with Gasteiger partial charge in [-0.05, 0) is 7.05 Å². The molecule has 78 valence electrons. The van der Waals surface area contributed by atoms with Gasteiger partial charge >= 0.3 is 12.1 Å². The number of hydrogen-bond donors (Lipinski definition) is 2. The highest BCUT2D eigenvalue weighted by Crippen LogP contribution is 2.14. The fraction of sp³-hybridized carbons (Fsp3) is 0.833. The Morgan fingerprint density at radius 1 is 1.62 bits per heavy atom. The number of carbonyl (C=O) groups is 1. The summed E-state index contributed by atoms with van der Waals surface area (Å²) >= 11 is 0. The molecule has 4 nitrogen and oxygen atoms in total. The molecule has 0 aliphatic carbocycles. The summed E-state index contributed by atoms with van der Waals surface area (Å²) < 4.78 is 38.7. The smallest absolute Gasteiger partial charge is 0.411 e. The number of ether oxygens (including phenoxy) is 1. The van der Waals surface area contributed by atoms with Crippen molar-refractivity contribution in [1.82, 2.24) is 5.32 Å². The van der Waals surface area contributed by atoms with Gasteiger partial charge in [0.25, 0.3) is 0 Å². The number of carboxylic acids is 1. The minimum atomic E-state index is -4.42. The molecule has 1 atom stereocenters. The first-order valence-electron chi connectivity index (χ1n) is 3.41. The lowest BCUT2D eigenvalue weighted by molar-refractivity contribution is -0.177. The van der Waals surface area contributed by atoms with Crippen molar-refractivity contribution in [2.24, 2.45) is 0 Å². The maximum Gasteiger partial charge on any atom is 0.411 e. The molecule has 2 N–H and O–H groups in total. The van der Waals surface area contributed by atoms with Crippen LogP contribution in [-0.4, -0.2) is 43.6 Å². The second-order valence-electron chi connectivity index (χ2n) is 2.31. The standard InChI is InChI=1S/C6H10F3NO3/c1-10-4(5(11)12)2-13-3-6(7,8)9/h4,10H,2-3H2,1H3,(H,11,12)/t4-/m0/s1. The first-order chi connectivity index (χ1) is 5.87. The van der Waals surface area contributed by atoms with Crippen LogP contribution in [0.5, 0.6) is 0 Å². The number of hydrogen-bond acceptors (Lipinski definition) is 3. The molecule has 0 spiro atoms. The lowest BCUT2D eigenvalue weighted by Gasteiger charge is -2.12. The zero-order valence-corrected chi connectivity index (χ0v) is 6.89. The van der Waals surface area contributed by atoms with E-state index in [1.807, 2.05) is 0 Å². The number of nitrogens with one attached hydrogen (secondary N) is 1. The second-order valence-corrected chi connectivity index (χ2v) is 2.31. The lowest BCUT2D eigenvalue weighted by atomic mass is 10.3. The van der Waals surface area contributed by atoms with Gasteiger partial charge in [0, 0.05) is 0 Å². The summed E-state index contributed by atoms with van der Waals surface area (Å²) in [6.07, 6.45) is -4.42. The third kappa shape index (κ3) is 6.35. The van der Waals surface area contributed by atoms with E-state index in [4.69, 9.17) is 5.11 Å². The van der Waals surface area contributed by atoms with Gasteiger partial charge in [-0.3, -0.25) is 4.79 Å². The van der Waals surface area contributed by atoms with Gasteiger partial charge < -0.3 is 15.2 Å². The Hall–Kier alpha value is -0.820. The molecule has 0 heterocycles. The van der Waals surface area contributed by atoms with Crippen molar-refractivity contribution in [3.8, 4) is 0 Å². The minimum absolute atomic E-state index is 0.509. The number of likely N-dealkylation sites (N-methyl/N-ethyl adjacent to an activating group) is 1. The molecule has 0 aliphatic heterocycles. The van der Waals surface area contributed by atoms with E-state index in [2.05, 4.69) is 10.1 Å². The van der Waals surface area contributed by atoms with Crippen molar-refractivity contribution >= 4 is 5.97 Å². The van der Waals surface area contributed by atoms with Crippen molar-refractivity contribution in [3.63, 3.8) is 0 Å². The van der Waals surface area contributed by atoms with E-state index < -0.39 is 31.4 Å². The Kier molecular flexibility index (Phi) is 4.71. The van der Waals surface area contributed by atoms with Gasteiger partial charge in [-0.25, -0.2) is 0 Å². The summed E-state index contributed by atoms with van der Waals surface area (Å²) in [6, 6.07) is -1.11.